The molecule has 0 fully saturated rings. The number of hydrogen-bond acceptors (Lipinski definition) is 1. The van der Waals surface area contributed by atoms with Gasteiger partial charge in [0.25, 0.3) is 0 Å². The van der Waals surface area contributed by atoms with Crippen molar-refractivity contribution in [2.24, 2.45) is 0 Å². The molecule has 1 aliphatic rings. The third-order valence-electron chi connectivity index (χ3n) is 1.48. The highest BCUT2D eigenvalue weighted by Gasteiger charge is 2.03. The van der Waals surface area contributed by atoms with E-state index in [9.17, 15) is 4.39 Å². The summed E-state index contributed by atoms with van der Waals surface area (Å²) >= 11 is 4.13. The van der Waals surface area contributed by atoms with Crippen LogP contribution in [0.3, 0.4) is 0 Å². The molecule has 0 saturated carbocycles. The molecule has 0 heterocycles. The van der Waals surface area contributed by atoms with Gasteiger partial charge in [-0.3, -0.25) is 0 Å². The maximum atomic E-state index is 12.8. The fourth-order valence-corrected chi connectivity index (χ4v) is 0.960. The predicted octanol–water partition coefficient (Wildman–Crippen LogP) is 3.00. The third kappa shape index (κ3) is 1.51. The molecule has 0 bridgehead atoms. The second kappa shape index (κ2) is 3.06. The van der Waals surface area contributed by atoms with Gasteiger partial charge >= 0.3 is 0 Å². The van der Waals surface area contributed by atoms with E-state index in [2.05, 4.69) is 12.6 Å². The first-order valence-electron chi connectivity index (χ1n) is 3.13. The van der Waals surface area contributed by atoms with Crippen LogP contribution in [-0.4, -0.2) is 0 Å². The van der Waals surface area contributed by atoms with Crippen LogP contribution < -0.4 is 0 Å². The highest BCUT2D eigenvalue weighted by atomic mass is 32.1. The SMILES string of the molecule is CC1=C(S)CC=CC=C1F. The van der Waals surface area contributed by atoms with Crippen molar-refractivity contribution in [2.75, 3.05) is 0 Å². The van der Waals surface area contributed by atoms with Gasteiger partial charge in [-0.25, -0.2) is 4.39 Å². The summed E-state index contributed by atoms with van der Waals surface area (Å²) in [6.45, 7) is 1.74. The highest BCUT2D eigenvalue weighted by molar-refractivity contribution is 7.84. The van der Waals surface area contributed by atoms with E-state index in [0.717, 1.165) is 11.3 Å². The van der Waals surface area contributed by atoms with Crippen LogP contribution in [0, 0.1) is 0 Å². The van der Waals surface area contributed by atoms with E-state index in [4.69, 9.17) is 0 Å². The molecule has 0 aromatic rings. The van der Waals surface area contributed by atoms with Gasteiger partial charge in [-0.05, 0) is 29.9 Å². The Labute approximate surface area is 65.5 Å². The fourth-order valence-electron chi connectivity index (χ4n) is 0.748. The Morgan fingerprint density at radius 2 is 2.30 bits per heavy atom. The quantitative estimate of drug-likeness (QED) is 0.512. The molecule has 0 aromatic carbocycles. The van der Waals surface area contributed by atoms with Gasteiger partial charge in [0.1, 0.15) is 5.83 Å². The molecule has 1 rings (SSSR count). The molecule has 0 spiro atoms. The molecule has 2 heteroatoms. The van der Waals surface area contributed by atoms with Crippen molar-refractivity contribution in [1.29, 1.82) is 0 Å². The van der Waals surface area contributed by atoms with E-state index in [-0.39, 0.29) is 5.83 Å². The molecule has 0 atom stereocenters. The van der Waals surface area contributed by atoms with E-state index in [1.165, 1.54) is 6.08 Å². The van der Waals surface area contributed by atoms with Gasteiger partial charge in [-0.15, -0.1) is 12.6 Å². The molecule has 0 saturated heterocycles. The minimum Gasteiger partial charge on any atom is -0.207 e. The van der Waals surface area contributed by atoms with Crippen LogP contribution in [0.1, 0.15) is 13.3 Å². The maximum Gasteiger partial charge on any atom is 0.126 e. The Morgan fingerprint density at radius 3 is 3.00 bits per heavy atom. The average molecular weight is 156 g/mol. The first kappa shape index (κ1) is 7.61. The summed E-state index contributed by atoms with van der Waals surface area (Å²) in [7, 11) is 0. The highest BCUT2D eigenvalue weighted by Crippen LogP contribution is 2.23. The van der Waals surface area contributed by atoms with E-state index >= 15 is 0 Å². The summed E-state index contributed by atoms with van der Waals surface area (Å²) < 4.78 is 12.8. The lowest BCUT2D eigenvalue weighted by atomic mass is 10.2. The van der Waals surface area contributed by atoms with Gasteiger partial charge in [0.2, 0.25) is 0 Å². The minimum atomic E-state index is -0.182. The molecule has 0 radical (unpaired) electrons. The van der Waals surface area contributed by atoms with Crippen molar-refractivity contribution in [2.45, 2.75) is 13.3 Å². The van der Waals surface area contributed by atoms with Crippen molar-refractivity contribution >= 4 is 12.6 Å². The Hall–Kier alpha value is -0.500. The minimum absolute atomic E-state index is 0.182. The van der Waals surface area contributed by atoms with Gasteiger partial charge in [0, 0.05) is 0 Å². The number of rotatable bonds is 0. The van der Waals surface area contributed by atoms with E-state index in [1.54, 1.807) is 13.0 Å². The van der Waals surface area contributed by atoms with Crippen molar-refractivity contribution in [3.63, 3.8) is 0 Å². The van der Waals surface area contributed by atoms with Crippen LogP contribution in [0.5, 0.6) is 0 Å². The summed E-state index contributed by atoms with van der Waals surface area (Å²) in [5, 5.41) is 0. The van der Waals surface area contributed by atoms with Gasteiger partial charge < -0.3 is 0 Å². The van der Waals surface area contributed by atoms with Crippen LogP contribution in [0.2, 0.25) is 0 Å². The molecular weight excluding hydrogens is 147 g/mol. The van der Waals surface area contributed by atoms with E-state index < -0.39 is 0 Å². The zero-order valence-corrected chi connectivity index (χ0v) is 6.66. The molecule has 1 aliphatic carbocycles. The van der Waals surface area contributed by atoms with E-state index in [0.29, 0.717) is 5.57 Å². The Morgan fingerprint density at radius 1 is 1.60 bits per heavy atom. The van der Waals surface area contributed by atoms with Crippen molar-refractivity contribution in [3.8, 4) is 0 Å². The standard InChI is InChI=1S/C8H9FS/c1-6-7(9)4-2-3-5-8(6)10/h2-4,10H,5H2,1H3. The molecule has 0 amide bonds. The number of halogens is 1. The molecule has 0 aromatic heterocycles. The average Bonchev–Trinajstić information content (AvgIpc) is 2.04. The molecule has 0 nitrogen and oxygen atoms in total. The van der Waals surface area contributed by atoms with Crippen LogP contribution in [0.25, 0.3) is 0 Å². The number of hydrogen-bond donors (Lipinski definition) is 1. The van der Waals surface area contributed by atoms with Crippen molar-refractivity contribution in [3.05, 3.63) is 34.5 Å². The Balaban J connectivity index is 3.00. The van der Waals surface area contributed by atoms with Crippen molar-refractivity contribution < 1.29 is 4.39 Å². The van der Waals surface area contributed by atoms with Gasteiger partial charge in [-0.2, -0.15) is 0 Å². The first-order valence-corrected chi connectivity index (χ1v) is 3.58. The zero-order valence-electron chi connectivity index (χ0n) is 5.76. The summed E-state index contributed by atoms with van der Waals surface area (Å²) in [4.78, 5) is 0.808. The molecular formula is C8H9FS. The fraction of sp³-hybridized carbons (Fsp3) is 0.250. The predicted molar refractivity (Wildman–Crippen MR) is 44.6 cm³/mol. The summed E-state index contributed by atoms with van der Waals surface area (Å²) in [5.74, 6) is -0.182. The van der Waals surface area contributed by atoms with E-state index in [1.807, 2.05) is 6.08 Å². The number of allylic oxidation sites excluding steroid dienone is 6. The van der Waals surface area contributed by atoms with Crippen LogP contribution in [-0.2, 0) is 0 Å². The summed E-state index contributed by atoms with van der Waals surface area (Å²) in [5.41, 5.74) is 0.647. The second-order valence-electron chi connectivity index (χ2n) is 2.22. The monoisotopic (exact) mass is 156 g/mol. The number of thiol groups is 1. The largest absolute Gasteiger partial charge is 0.207 e. The van der Waals surface area contributed by atoms with Crippen LogP contribution in [0.4, 0.5) is 4.39 Å². The van der Waals surface area contributed by atoms with Gasteiger partial charge in [0.05, 0.1) is 0 Å². The summed E-state index contributed by atoms with van der Waals surface area (Å²) in [6, 6.07) is 0. The smallest absolute Gasteiger partial charge is 0.126 e. The molecule has 0 N–H and O–H groups in total. The van der Waals surface area contributed by atoms with Crippen molar-refractivity contribution in [1.82, 2.24) is 0 Å². The topological polar surface area (TPSA) is 0 Å². The molecule has 0 aliphatic heterocycles. The second-order valence-corrected chi connectivity index (χ2v) is 2.76. The Kier molecular flexibility index (Phi) is 2.33. The normalized spacial score (nSPS) is 18.9. The summed E-state index contributed by atoms with van der Waals surface area (Å²) in [6.07, 6.45) is 5.79. The van der Waals surface area contributed by atoms with Gasteiger partial charge in [-0.1, -0.05) is 12.2 Å². The lowest BCUT2D eigenvalue weighted by Gasteiger charge is -1.98. The molecule has 10 heavy (non-hydrogen) atoms. The van der Waals surface area contributed by atoms with Crippen LogP contribution in [0.15, 0.2) is 34.5 Å². The van der Waals surface area contributed by atoms with Gasteiger partial charge in [0.15, 0.2) is 0 Å². The first-order chi connectivity index (χ1) is 4.72. The molecule has 0 unspecified atom stereocenters. The lowest BCUT2D eigenvalue weighted by Crippen LogP contribution is -1.79. The van der Waals surface area contributed by atoms with Crippen LogP contribution >= 0.6 is 12.6 Å². The lowest BCUT2D eigenvalue weighted by molar-refractivity contribution is 0.651. The maximum absolute atomic E-state index is 12.8. The zero-order chi connectivity index (χ0) is 7.56. The third-order valence-corrected chi connectivity index (χ3v) is 2.00. The Bertz CT molecular complexity index is 218. The molecule has 54 valence electrons.